The first-order valence-electron chi connectivity index (χ1n) is 7.22. The maximum absolute atomic E-state index is 11.7. The van der Waals surface area contributed by atoms with Crippen molar-refractivity contribution in [2.24, 2.45) is 5.92 Å². The predicted octanol–water partition coefficient (Wildman–Crippen LogP) is 1.53. The quantitative estimate of drug-likeness (QED) is 0.874. The number of carbonyl (C=O) groups is 1. The molecule has 0 atom stereocenters. The van der Waals surface area contributed by atoms with Crippen molar-refractivity contribution in [3.63, 3.8) is 0 Å². The van der Waals surface area contributed by atoms with Crippen LogP contribution in [0.5, 0.6) is 0 Å². The van der Waals surface area contributed by atoms with E-state index in [0.29, 0.717) is 18.9 Å². The van der Waals surface area contributed by atoms with Gasteiger partial charge in [0.1, 0.15) is 6.26 Å². The second kappa shape index (κ2) is 6.10. The largest absolute Gasteiger partial charge is 0.444 e. The summed E-state index contributed by atoms with van der Waals surface area (Å²) in [6.07, 6.45) is 2.34. The fraction of sp³-hybridized carbons (Fsp3) is 0.375. The van der Waals surface area contributed by atoms with Gasteiger partial charge in [0.05, 0.1) is 11.6 Å². The van der Waals surface area contributed by atoms with Crippen molar-refractivity contribution in [1.29, 1.82) is 0 Å². The normalized spacial score (nSPS) is 14.7. The molecule has 3 rings (SSSR count). The monoisotopic (exact) mass is 285 g/mol. The summed E-state index contributed by atoms with van der Waals surface area (Å²) in [5, 5.41) is 6.02. The number of carbonyl (C=O) groups excluding carboxylic acids is 1. The maximum atomic E-state index is 11.7. The predicted molar refractivity (Wildman–Crippen MR) is 79.7 cm³/mol. The van der Waals surface area contributed by atoms with Crippen LogP contribution in [0.1, 0.15) is 11.3 Å². The number of amides is 1. The molecule has 2 N–H and O–H groups in total. The molecule has 0 spiro atoms. The van der Waals surface area contributed by atoms with Gasteiger partial charge in [-0.05, 0) is 19.1 Å². The SMILES string of the molecule is Cc1ccc(-c2nc(CCNC(=O)C3CNC3)co2)cc1. The minimum absolute atomic E-state index is 0.121. The van der Waals surface area contributed by atoms with Crippen LogP contribution in [-0.2, 0) is 11.2 Å². The molecule has 2 aromatic rings. The van der Waals surface area contributed by atoms with Crippen LogP contribution in [0.3, 0.4) is 0 Å². The number of nitrogens with one attached hydrogen (secondary N) is 2. The highest BCUT2D eigenvalue weighted by atomic mass is 16.3. The highest BCUT2D eigenvalue weighted by Gasteiger charge is 2.24. The number of oxazole rings is 1. The molecule has 0 bridgehead atoms. The van der Waals surface area contributed by atoms with Crippen molar-refractivity contribution in [2.75, 3.05) is 19.6 Å². The van der Waals surface area contributed by atoms with E-state index < -0.39 is 0 Å². The summed E-state index contributed by atoms with van der Waals surface area (Å²) < 4.78 is 5.49. The molecule has 1 aliphatic heterocycles. The number of aryl methyl sites for hydroxylation is 1. The Labute approximate surface area is 123 Å². The van der Waals surface area contributed by atoms with E-state index in [1.807, 2.05) is 31.2 Å². The average Bonchev–Trinajstić information content (AvgIpc) is 2.86. The summed E-state index contributed by atoms with van der Waals surface area (Å²) in [5.74, 6) is 0.876. The lowest BCUT2D eigenvalue weighted by molar-refractivity contribution is -0.126. The number of nitrogens with zero attached hydrogens (tertiary/aromatic N) is 1. The molecule has 2 heterocycles. The number of hydrogen-bond donors (Lipinski definition) is 2. The van der Waals surface area contributed by atoms with Gasteiger partial charge < -0.3 is 15.1 Å². The standard InChI is InChI=1S/C16H19N3O2/c1-11-2-4-12(5-3-11)16-19-14(10-21-16)6-7-18-15(20)13-8-17-9-13/h2-5,10,13,17H,6-9H2,1H3,(H,18,20). The highest BCUT2D eigenvalue weighted by molar-refractivity contribution is 5.79. The third-order valence-electron chi connectivity index (χ3n) is 3.68. The summed E-state index contributed by atoms with van der Waals surface area (Å²) in [4.78, 5) is 16.1. The first kappa shape index (κ1) is 13.8. The van der Waals surface area contributed by atoms with E-state index in [1.165, 1.54) is 5.56 Å². The van der Waals surface area contributed by atoms with Crippen molar-refractivity contribution in [2.45, 2.75) is 13.3 Å². The van der Waals surface area contributed by atoms with Crippen LogP contribution in [0.15, 0.2) is 34.9 Å². The molecular weight excluding hydrogens is 266 g/mol. The molecule has 5 nitrogen and oxygen atoms in total. The van der Waals surface area contributed by atoms with Gasteiger partial charge in [0.15, 0.2) is 0 Å². The van der Waals surface area contributed by atoms with E-state index in [1.54, 1.807) is 6.26 Å². The van der Waals surface area contributed by atoms with Crippen LogP contribution in [0.2, 0.25) is 0 Å². The zero-order valence-electron chi connectivity index (χ0n) is 12.1. The van der Waals surface area contributed by atoms with Gasteiger partial charge in [-0.3, -0.25) is 4.79 Å². The molecule has 1 amide bonds. The minimum Gasteiger partial charge on any atom is -0.444 e. The Bertz CT molecular complexity index is 615. The summed E-state index contributed by atoms with van der Waals surface area (Å²) in [5.41, 5.74) is 3.03. The summed E-state index contributed by atoms with van der Waals surface area (Å²) in [6, 6.07) is 8.06. The van der Waals surface area contributed by atoms with Crippen molar-refractivity contribution in [3.05, 3.63) is 41.8 Å². The fourth-order valence-electron chi connectivity index (χ4n) is 2.18. The van der Waals surface area contributed by atoms with E-state index in [0.717, 1.165) is 24.3 Å². The zero-order valence-corrected chi connectivity index (χ0v) is 12.1. The van der Waals surface area contributed by atoms with Crippen LogP contribution >= 0.6 is 0 Å². The summed E-state index contributed by atoms with van der Waals surface area (Å²) in [7, 11) is 0. The lowest BCUT2D eigenvalue weighted by Crippen LogP contribution is -2.51. The van der Waals surface area contributed by atoms with Gasteiger partial charge in [0, 0.05) is 31.6 Å². The molecule has 0 saturated carbocycles. The Morgan fingerprint density at radius 1 is 1.38 bits per heavy atom. The molecule has 1 fully saturated rings. The third-order valence-corrected chi connectivity index (χ3v) is 3.68. The fourth-order valence-corrected chi connectivity index (χ4v) is 2.18. The second-order valence-electron chi connectivity index (χ2n) is 5.41. The van der Waals surface area contributed by atoms with Crippen molar-refractivity contribution in [3.8, 4) is 11.5 Å². The molecule has 1 saturated heterocycles. The Morgan fingerprint density at radius 3 is 2.81 bits per heavy atom. The lowest BCUT2D eigenvalue weighted by atomic mass is 10.0. The molecule has 1 aliphatic rings. The van der Waals surface area contributed by atoms with E-state index >= 15 is 0 Å². The average molecular weight is 285 g/mol. The number of rotatable bonds is 5. The van der Waals surface area contributed by atoms with Gasteiger partial charge in [0.2, 0.25) is 11.8 Å². The van der Waals surface area contributed by atoms with Crippen molar-refractivity contribution < 1.29 is 9.21 Å². The zero-order chi connectivity index (χ0) is 14.7. The Hall–Kier alpha value is -2.14. The van der Waals surface area contributed by atoms with E-state index in [9.17, 15) is 4.79 Å². The Kier molecular flexibility index (Phi) is 4.01. The number of aromatic nitrogens is 1. The minimum atomic E-state index is 0.121. The molecule has 0 unspecified atom stereocenters. The van der Waals surface area contributed by atoms with E-state index in [-0.39, 0.29) is 11.8 Å². The molecule has 110 valence electrons. The smallest absolute Gasteiger partial charge is 0.226 e. The number of benzene rings is 1. The van der Waals surface area contributed by atoms with Crippen molar-refractivity contribution in [1.82, 2.24) is 15.6 Å². The Balaban J connectivity index is 1.52. The highest BCUT2D eigenvalue weighted by Crippen LogP contribution is 2.19. The summed E-state index contributed by atoms with van der Waals surface area (Å²) in [6.45, 7) is 4.21. The molecule has 0 aliphatic carbocycles. The lowest BCUT2D eigenvalue weighted by Gasteiger charge is -2.25. The van der Waals surface area contributed by atoms with Gasteiger partial charge in [-0.15, -0.1) is 0 Å². The van der Waals surface area contributed by atoms with Gasteiger partial charge in [0.25, 0.3) is 0 Å². The third kappa shape index (κ3) is 3.31. The molecule has 1 aromatic heterocycles. The van der Waals surface area contributed by atoms with Gasteiger partial charge in [-0.25, -0.2) is 4.98 Å². The van der Waals surface area contributed by atoms with Crippen LogP contribution in [0.4, 0.5) is 0 Å². The molecule has 5 heteroatoms. The maximum Gasteiger partial charge on any atom is 0.226 e. The molecule has 1 aromatic carbocycles. The van der Waals surface area contributed by atoms with Crippen LogP contribution < -0.4 is 10.6 Å². The van der Waals surface area contributed by atoms with Crippen LogP contribution in [-0.4, -0.2) is 30.5 Å². The van der Waals surface area contributed by atoms with E-state index in [4.69, 9.17) is 4.42 Å². The first-order valence-corrected chi connectivity index (χ1v) is 7.22. The molecule has 21 heavy (non-hydrogen) atoms. The van der Waals surface area contributed by atoms with E-state index in [2.05, 4.69) is 15.6 Å². The van der Waals surface area contributed by atoms with Crippen LogP contribution in [0.25, 0.3) is 11.5 Å². The van der Waals surface area contributed by atoms with Gasteiger partial charge in [-0.1, -0.05) is 17.7 Å². The van der Waals surface area contributed by atoms with Gasteiger partial charge in [-0.2, -0.15) is 0 Å². The van der Waals surface area contributed by atoms with Crippen molar-refractivity contribution >= 4 is 5.91 Å². The molecular formula is C16H19N3O2. The first-order chi connectivity index (χ1) is 10.2. The Morgan fingerprint density at radius 2 is 2.14 bits per heavy atom. The van der Waals surface area contributed by atoms with Gasteiger partial charge >= 0.3 is 0 Å². The second-order valence-corrected chi connectivity index (χ2v) is 5.41. The summed E-state index contributed by atoms with van der Waals surface area (Å²) >= 11 is 0. The topological polar surface area (TPSA) is 67.2 Å². The van der Waals surface area contributed by atoms with Crippen LogP contribution in [0, 0.1) is 12.8 Å². The number of hydrogen-bond acceptors (Lipinski definition) is 4. The molecule has 0 radical (unpaired) electrons.